The fourth-order valence-corrected chi connectivity index (χ4v) is 3.38. The normalized spacial score (nSPS) is 15.9. The van der Waals surface area contributed by atoms with E-state index in [0.717, 1.165) is 31.5 Å². The summed E-state index contributed by atoms with van der Waals surface area (Å²) in [6.07, 6.45) is 3.55. The topological polar surface area (TPSA) is 29.5 Å². The fourth-order valence-electron chi connectivity index (χ4n) is 3.38. The van der Waals surface area contributed by atoms with E-state index in [1.165, 1.54) is 17.5 Å². The van der Waals surface area contributed by atoms with E-state index < -0.39 is 0 Å². The van der Waals surface area contributed by atoms with Crippen molar-refractivity contribution < 1.29 is 9.53 Å². The fraction of sp³-hybridized carbons (Fsp3) is 0.381. The highest BCUT2D eigenvalue weighted by molar-refractivity contribution is 5.85. The number of benzene rings is 2. The lowest BCUT2D eigenvalue weighted by atomic mass is 9.98. The molecule has 0 amide bonds. The predicted molar refractivity (Wildman–Crippen MR) is 104 cm³/mol. The van der Waals surface area contributed by atoms with Crippen LogP contribution in [0.15, 0.2) is 54.6 Å². The maximum absolute atomic E-state index is 12.5. The van der Waals surface area contributed by atoms with Crippen molar-refractivity contribution in [2.45, 2.75) is 32.2 Å². The minimum absolute atomic E-state index is 0. The molecule has 1 atom stereocenters. The van der Waals surface area contributed by atoms with Crippen molar-refractivity contribution >= 4 is 18.4 Å². The van der Waals surface area contributed by atoms with Crippen molar-refractivity contribution in [1.29, 1.82) is 0 Å². The monoisotopic (exact) mass is 359 g/mol. The van der Waals surface area contributed by atoms with Crippen LogP contribution in [0.2, 0.25) is 0 Å². The maximum Gasteiger partial charge on any atom is 0.327 e. The van der Waals surface area contributed by atoms with Gasteiger partial charge < -0.3 is 4.74 Å². The minimum Gasteiger partial charge on any atom is -0.465 e. The van der Waals surface area contributed by atoms with Gasteiger partial charge in [0.25, 0.3) is 0 Å². The third-order valence-electron chi connectivity index (χ3n) is 4.60. The van der Waals surface area contributed by atoms with Crippen LogP contribution >= 0.6 is 12.4 Å². The summed E-state index contributed by atoms with van der Waals surface area (Å²) in [7, 11) is 0. The number of rotatable bonds is 5. The highest BCUT2D eigenvalue weighted by atomic mass is 35.5. The first kappa shape index (κ1) is 19.5. The second-order valence-corrected chi connectivity index (χ2v) is 6.24. The third kappa shape index (κ3) is 4.83. The Balaban J connectivity index is 0.00000225. The molecule has 2 aromatic carbocycles. The number of halogens is 1. The molecular weight excluding hydrogens is 334 g/mol. The largest absolute Gasteiger partial charge is 0.465 e. The van der Waals surface area contributed by atoms with Gasteiger partial charge in [0.1, 0.15) is 6.04 Å². The second-order valence-electron chi connectivity index (χ2n) is 6.24. The van der Waals surface area contributed by atoms with Crippen LogP contribution in [0.5, 0.6) is 0 Å². The van der Waals surface area contributed by atoms with E-state index in [2.05, 4.69) is 41.3 Å². The van der Waals surface area contributed by atoms with E-state index in [4.69, 9.17) is 4.74 Å². The van der Waals surface area contributed by atoms with Crippen molar-refractivity contribution in [3.8, 4) is 11.1 Å². The van der Waals surface area contributed by atoms with E-state index >= 15 is 0 Å². The van der Waals surface area contributed by atoms with Gasteiger partial charge in [-0.3, -0.25) is 4.90 Å². The number of nitrogens with zero attached hydrogens (tertiary/aromatic N) is 1. The number of piperidine rings is 1. The Bertz CT molecular complexity index is 651. The molecule has 3 rings (SSSR count). The van der Waals surface area contributed by atoms with E-state index in [1.807, 2.05) is 25.1 Å². The van der Waals surface area contributed by atoms with E-state index in [1.54, 1.807) is 0 Å². The van der Waals surface area contributed by atoms with Gasteiger partial charge in [0.15, 0.2) is 0 Å². The first-order valence-corrected chi connectivity index (χ1v) is 8.85. The number of esters is 1. The SMILES string of the molecule is CCOC(=O)C(c1ccc(-c2ccccc2)cc1)N1CCCCC1.Cl. The van der Waals surface area contributed by atoms with Crippen LogP contribution in [0.3, 0.4) is 0 Å². The zero-order valence-corrected chi connectivity index (χ0v) is 15.5. The summed E-state index contributed by atoms with van der Waals surface area (Å²) in [4.78, 5) is 14.8. The molecule has 1 aliphatic rings. The third-order valence-corrected chi connectivity index (χ3v) is 4.60. The lowest BCUT2D eigenvalue weighted by molar-refractivity contribution is -0.150. The van der Waals surface area contributed by atoms with Crippen molar-refractivity contribution in [2.24, 2.45) is 0 Å². The molecule has 1 aliphatic heterocycles. The zero-order valence-electron chi connectivity index (χ0n) is 14.7. The second kappa shape index (κ2) is 9.59. The molecule has 134 valence electrons. The average Bonchev–Trinajstić information content (AvgIpc) is 2.64. The number of ether oxygens (including phenoxy) is 1. The van der Waals surface area contributed by atoms with Gasteiger partial charge in [-0.15, -0.1) is 12.4 Å². The summed E-state index contributed by atoms with van der Waals surface area (Å²) in [5.41, 5.74) is 3.38. The summed E-state index contributed by atoms with van der Waals surface area (Å²) in [5, 5.41) is 0. The quantitative estimate of drug-likeness (QED) is 0.713. The summed E-state index contributed by atoms with van der Waals surface area (Å²) in [6.45, 7) is 4.21. The average molecular weight is 360 g/mol. The molecule has 0 saturated carbocycles. The van der Waals surface area contributed by atoms with Crippen LogP contribution in [0.25, 0.3) is 11.1 Å². The number of hydrogen-bond acceptors (Lipinski definition) is 3. The number of carbonyl (C=O) groups excluding carboxylic acids is 1. The number of carbonyl (C=O) groups is 1. The van der Waals surface area contributed by atoms with Gasteiger partial charge in [-0.2, -0.15) is 0 Å². The molecule has 4 heteroatoms. The number of likely N-dealkylation sites (tertiary alicyclic amines) is 1. The molecule has 0 spiro atoms. The first-order valence-electron chi connectivity index (χ1n) is 8.85. The summed E-state index contributed by atoms with van der Waals surface area (Å²) >= 11 is 0. The summed E-state index contributed by atoms with van der Waals surface area (Å²) in [6, 6.07) is 18.3. The first-order chi connectivity index (χ1) is 11.8. The molecule has 3 nitrogen and oxygen atoms in total. The van der Waals surface area contributed by atoms with Crippen molar-refractivity contribution in [2.75, 3.05) is 19.7 Å². The van der Waals surface area contributed by atoms with Crippen LogP contribution < -0.4 is 0 Å². The Kier molecular flexibility index (Phi) is 7.48. The highest BCUT2D eigenvalue weighted by Gasteiger charge is 2.29. The van der Waals surface area contributed by atoms with Crippen molar-refractivity contribution in [1.82, 2.24) is 4.90 Å². The molecular formula is C21H26ClNO2. The molecule has 1 fully saturated rings. The molecule has 0 radical (unpaired) electrons. The lowest BCUT2D eigenvalue weighted by Crippen LogP contribution is -2.38. The Morgan fingerprint density at radius 3 is 2.16 bits per heavy atom. The minimum atomic E-state index is -0.282. The molecule has 1 heterocycles. The predicted octanol–water partition coefficient (Wildman–Crippen LogP) is 4.87. The van der Waals surface area contributed by atoms with Gasteiger partial charge in [0, 0.05) is 0 Å². The molecule has 0 aliphatic carbocycles. The van der Waals surface area contributed by atoms with Crippen molar-refractivity contribution in [3.63, 3.8) is 0 Å². The van der Waals surface area contributed by atoms with E-state index in [9.17, 15) is 4.79 Å². The lowest BCUT2D eigenvalue weighted by Gasteiger charge is -2.33. The van der Waals surface area contributed by atoms with Crippen LogP contribution in [-0.4, -0.2) is 30.6 Å². The smallest absolute Gasteiger partial charge is 0.327 e. The highest BCUT2D eigenvalue weighted by Crippen LogP contribution is 2.28. The number of hydrogen-bond donors (Lipinski definition) is 0. The van der Waals surface area contributed by atoms with Crippen molar-refractivity contribution in [3.05, 3.63) is 60.2 Å². The summed E-state index contributed by atoms with van der Waals surface area (Å²) < 4.78 is 5.35. The Hall–Kier alpha value is -1.84. The van der Waals surface area contributed by atoms with Gasteiger partial charge in [-0.1, -0.05) is 61.0 Å². The maximum atomic E-state index is 12.5. The molecule has 0 N–H and O–H groups in total. The molecule has 25 heavy (non-hydrogen) atoms. The molecule has 2 aromatic rings. The molecule has 0 bridgehead atoms. The van der Waals surface area contributed by atoms with Crippen LogP contribution in [-0.2, 0) is 9.53 Å². The van der Waals surface area contributed by atoms with E-state index in [-0.39, 0.29) is 24.4 Å². The molecule has 1 unspecified atom stereocenters. The van der Waals surface area contributed by atoms with Gasteiger partial charge >= 0.3 is 5.97 Å². The Morgan fingerprint density at radius 2 is 1.56 bits per heavy atom. The molecule has 0 aromatic heterocycles. The Labute approximate surface area is 156 Å². The van der Waals surface area contributed by atoms with Crippen LogP contribution in [0.4, 0.5) is 0 Å². The zero-order chi connectivity index (χ0) is 16.8. The van der Waals surface area contributed by atoms with Crippen LogP contribution in [0.1, 0.15) is 37.8 Å². The van der Waals surface area contributed by atoms with Gasteiger partial charge in [-0.25, -0.2) is 4.79 Å². The summed E-state index contributed by atoms with van der Waals surface area (Å²) in [5.74, 6) is -0.133. The van der Waals surface area contributed by atoms with E-state index in [0.29, 0.717) is 6.61 Å². The van der Waals surface area contributed by atoms with Gasteiger partial charge in [0.05, 0.1) is 6.61 Å². The standard InChI is InChI=1S/C21H25NO2.ClH/c1-2-24-21(23)20(22-15-7-4-8-16-22)19-13-11-18(12-14-19)17-9-5-3-6-10-17;/h3,5-6,9-14,20H,2,4,7-8,15-16H2,1H3;1H. The van der Waals surface area contributed by atoms with Gasteiger partial charge in [-0.05, 0) is 49.5 Å². The van der Waals surface area contributed by atoms with Crippen LogP contribution in [0, 0.1) is 0 Å². The van der Waals surface area contributed by atoms with Gasteiger partial charge in [0.2, 0.25) is 0 Å². The molecule has 1 saturated heterocycles. The Morgan fingerprint density at radius 1 is 0.960 bits per heavy atom.